The molecule has 1 aromatic rings. The van der Waals surface area contributed by atoms with Crippen LogP contribution in [-0.2, 0) is 4.79 Å². The Morgan fingerprint density at radius 2 is 2.11 bits per heavy atom. The van der Waals surface area contributed by atoms with Crippen molar-refractivity contribution < 1.29 is 20.1 Å². The van der Waals surface area contributed by atoms with Crippen LogP contribution in [-0.4, -0.2) is 45.1 Å². The van der Waals surface area contributed by atoms with Gasteiger partial charge in [0.15, 0.2) is 0 Å². The SMILES string of the molecule is CSCCC(N=C(C)c1ccc(O)cc1O)C(=O)O. The van der Waals surface area contributed by atoms with Gasteiger partial charge in [-0.3, -0.25) is 4.99 Å². The number of phenols is 2. The second-order valence-electron chi connectivity index (χ2n) is 4.05. The number of phenolic OH excluding ortho intramolecular Hbond substituents is 2. The topological polar surface area (TPSA) is 90.1 Å². The molecular weight excluding hydrogens is 266 g/mol. The zero-order valence-electron chi connectivity index (χ0n) is 10.8. The Morgan fingerprint density at radius 1 is 1.42 bits per heavy atom. The van der Waals surface area contributed by atoms with Crippen molar-refractivity contribution >= 4 is 23.4 Å². The zero-order chi connectivity index (χ0) is 14.4. The third kappa shape index (κ3) is 4.48. The summed E-state index contributed by atoms with van der Waals surface area (Å²) in [6.07, 6.45) is 2.34. The van der Waals surface area contributed by atoms with E-state index in [4.69, 9.17) is 5.11 Å². The quantitative estimate of drug-likeness (QED) is 0.696. The van der Waals surface area contributed by atoms with Crippen LogP contribution in [0, 0.1) is 0 Å². The summed E-state index contributed by atoms with van der Waals surface area (Å²) in [5.41, 5.74) is 0.860. The first-order valence-corrected chi connectivity index (χ1v) is 7.13. The lowest BCUT2D eigenvalue weighted by Crippen LogP contribution is -2.20. The average molecular weight is 283 g/mol. The van der Waals surface area contributed by atoms with E-state index in [1.165, 1.54) is 18.2 Å². The predicted octanol–water partition coefficient (Wildman–Crippen LogP) is 2.11. The molecule has 1 unspecified atom stereocenters. The minimum atomic E-state index is -0.980. The molecule has 0 aromatic heterocycles. The normalized spacial score (nSPS) is 13.3. The van der Waals surface area contributed by atoms with Crippen molar-refractivity contribution in [2.45, 2.75) is 19.4 Å². The fraction of sp³-hybridized carbons (Fsp3) is 0.385. The van der Waals surface area contributed by atoms with E-state index in [-0.39, 0.29) is 11.5 Å². The van der Waals surface area contributed by atoms with E-state index in [1.54, 1.807) is 18.7 Å². The third-order valence-electron chi connectivity index (χ3n) is 2.60. The molecule has 0 amide bonds. The number of carboxylic acid groups (broad SMARTS) is 1. The van der Waals surface area contributed by atoms with Crippen LogP contribution in [0.3, 0.4) is 0 Å². The van der Waals surface area contributed by atoms with Crippen molar-refractivity contribution in [1.82, 2.24) is 0 Å². The maximum atomic E-state index is 11.1. The summed E-state index contributed by atoms with van der Waals surface area (Å²) in [4.78, 5) is 15.2. The Labute approximate surface area is 116 Å². The largest absolute Gasteiger partial charge is 0.508 e. The van der Waals surface area contributed by atoms with E-state index in [0.717, 1.165) is 0 Å². The summed E-state index contributed by atoms with van der Waals surface area (Å²) in [6, 6.07) is 3.31. The molecule has 0 aliphatic rings. The maximum Gasteiger partial charge on any atom is 0.328 e. The molecule has 0 saturated carbocycles. The van der Waals surface area contributed by atoms with Gasteiger partial charge in [0.2, 0.25) is 0 Å². The van der Waals surface area contributed by atoms with Gasteiger partial charge < -0.3 is 15.3 Å². The first-order chi connectivity index (χ1) is 8.95. The lowest BCUT2D eigenvalue weighted by Gasteiger charge is -2.10. The van der Waals surface area contributed by atoms with Crippen LogP contribution in [0.2, 0.25) is 0 Å². The average Bonchev–Trinajstić information content (AvgIpc) is 2.33. The molecule has 0 saturated heterocycles. The molecule has 1 rings (SSSR count). The highest BCUT2D eigenvalue weighted by Crippen LogP contribution is 2.23. The first kappa shape index (κ1) is 15.4. The summed E-state index contributed by atoms with van der Waals surface area (Å²) in [7, 11) is 0. The molecule has 1 atom stereocenters. The second kappa shape index (κ2) is 7.04. The van der Waals surface area contributed by atoms with Crippen LogP contribution >= 0.6 is 11.8 Å². The van der Waals surface area contributed by atoms with Gasteiger partial charge in [0, 0.05) is 17.3 Å². The van der Waals surface area contributed by atoms with Gasteiger partial charge in [-0.15, -0.1) is 0 Å². The highest BCUT2D eigenvalue weighted by molar-refractivity contribution is 7.98. The lowest BCUT2D eigenvalue weighted by molar-refractivity contribution is -0.138. The smallest absolute Gasteiger partial charge is 0.328 e. The number of hydrogen-bond donors (Lipinski definition) is 3. The first-order valence-electron chi connectivity index (χ1n) is 5.74. The lowest BCUT2D eigenvalue weighted by atomic mass is 10.1. The molecule has 0 heterocycles. The molecule has 3 N–H and O–H groups in total. The van der Waals surface area contributed by atoms with E-state index < -0.39 is 12.0 Å². The standard InChI is InChI=1S/C13H17NO4S/c1-8(10-4-3-9(15)7-12(10)16)14-11(13(17)18)5-6-19-2/h3-4,7,11,15-16H,5-6H2,1-2H3,(H,17,18). The highest BCUT2D eigenvalue weighted by Gasteiger charge is 2.17. The molecule has 0 fully saturated rings. The van der Waals surface area contributed by atoms with E-state index in [1.807, 2.05) is 6.26 Å². The number of carbonyl (C=O) groups is 1. The van der Waals surface area contributed by atoms with Crippen LogP contribution in [0.4, 0.5) is 0 Å². The number of thioether (sulfide) groups is 1. The van der Waals surface area contributed by atoms with Crippen molar-refractivity contribution in [2.75, 3.05) is 12.0 Å². The van der Waals surface area contributed by atoms with Crippen molar-refractivity contribution in [3.63, 3.8) is 0 Å². The summed E-state index contributed by atoms with van der Waals surface area (Å²) in [5, 5.41) is 28.0. The van der Waals surface area contributed by atoms with Gasteiger partial charge in [-0.1, -0.05) is 0 Å². The predicted molar refractivity (Wildman–Crippen MR) is 76.4 cm³/mol. The third-order valence-corrected chi connectivity index (χ3v) is 3.25. The Morgan fingerprint density at radius 3 is 2.63 bits per heavy atom. The van der Waals surface area contributed by atoms with Crippen molar-refractivity contribution in [2.24, 2.45) is 4.99 Å². The van der Waals surface area contributed by atoms with Crippen molar-refractivity contribution in [3.8, 4) is 11.5 Å². The molecule has 0 aliphatic heterocycles. The zero-order valence-corrected chi connectivity index (χ0v) is 11.6. The minimum absolute atomic E-state index is 0.0498. The summed E-state index contributed by atoms with van der Waals surface area (Å²) in [6.45, 7) is 1.64. The monoisotopic (exact) mass is 283 g/mol. The molecule has 5 nitrogen and oxygen atoms in total. The number of aliphatic carboxylic acids is 1. The molecule has 104 valence electrons. The molecule has 0 aliphatic carbocycles. The van der Waals surface area contributed by atoms with E-state index >= 15 is 0 Å². The van der Waals surface area contributed by atoms with Crippen molar-refractivity contribution in [3.05, 3.63) is 23.8 Å². The maximum absolute atomic E-state index is 11.1. The van der Waals surface area contributed by atoms with Gasteiger partial charge in [0.1, 0.15) is 17.5 Å². The van der Waals surface area contributed by atoms with Crippen LogP contribution in [0.1, 0.15) is 18.9 Å². The van der Waals surface area contributed by atoms with E-state index in [2.05, 4.69) is 4.99 Å². The Bertz CT molecular complexity index is 488. The number of aliphatic imine (C=N–C) groups is 1. The Balaban J connectivity index is 2.97. The van der Waals surface area contributed by atoms with E-state index in [0.29, 0.717) is 23.4 Å². The molecule has 1 aromatic carbocycles. The molecular formula is C13H17NO4S. The Kier molecular flexibility index (Phi) is 5.69. The molecule has 19 heavy (non-hydrogen) atoms. The summed E-state index contributed by atoms with van der Waals surface area (Å²) in [5.74, 6) is -0.442. The Hall–Kier alpha value is -1.69. The summed E-state index contributed by atoms with van der Waals surface area (Å²) >= 11 is 1.56. The van der Waals surface area contributed by atoms with Crippen LogP contribution in [0.15, 0.2) is 23.2 Å². The number of nitrogens with zero attached hydrogens (tertiary/aromatic N) is 1. The van der Waals surface area contributed by atoms with Gasteiger partial charge in [-0.2, -0.15) is 11.8 Å². The molecule has 6 heteroatoms. The molecule has 0 bridgehead atoms. The van der Waals surface area contributed by atoms with Gasteiger partial charge in [-0.25, -0.2) is 4.79 Å². The van der Waals surface area contributed by atoms with Gasteiger partial charge >= 0.3 is 5.97 Å². The summed E-state index contributed by atoms with van der Waals surface area (Å²) < 4.78 is 0. The molecule has 0 spiro atoms. The number of rotatable bonds is 6. The van der Waals surface area contributed by atoms with Crippen molar-refractivity contribution in [1.29, 1.82) is 0 Å². The number of hydrogen-bond acceptors (Lipinski definition) is 5. The number of benzene rings is 1. The fourth-order valence-corrected chi connectivity index (χ4v) is 2.06. The van der Waals surface area contributed by atoms with E-state index in [9.17, 15) is 15.0 Å². The van der Waals surface area contributed by atoms with Gasteiger partial charge in [0.05, 0.1) is 0 Å². The molecule has 0 radical (unpaired) electrons. The van der Waals surface area contributed by atoms with Crippen LogP contribution in [0.25, 0.3) is 0 Å². The highest BCUT2D eigenvalue weighted by atomic mass is 32.2. The minimum Gasteiger partial charge on any atom is -0.508 e. The van der Waals surface area contributed by atoms with Gasteiger partial charge in [-0.05, 0) is 37.5 Å². The fourth-order valence-electron chi connectivity index (χ4n) is 1.60. The second-order valence-corrected chi connectivity index (χ2v) is 5.04. The van der Waals surface area contributed by atoms with Crippen LogP contribution < -0.4 is 0 Å². The number of carboxylic acids is 1. The number of aromatic hydroxyl groups is 2. The van der Waals surface area contributed by atoms with Crippen LogP contribution in [0.5, 0.6) is 11.5 Å². The van der Waals surface area contributed by atoms with Gasteiger partial charge in [0.25, 0.3) is 0 Å².